The summed E-state index contributed by atoms with van der Waals surface area (Å²) in [6.07, 6.45) is 1.55. The molecule has 0 bridgehead atoms. The topological polar surface area (TPSA) is 56.1 Å². The summed E-state index contributed by atoms with van der Waals surface area (Å²) in [6.45, 7) is 2.74. The quantitative estimate of drug-likeness (QED) is 0.869. The summed E-state index contributed by atoms with van der Waals surface area (Å²) in [6, 6.07) is 3.75. The van der Waals surface area contributed by atoms with E-state index in [9.17, 15) is 4.79 Å². The van der Waals surface area contributed by atoms with E-state index in [1.54, 1.807) is 13.3 Å². The zero-order valence-corrected chi connectivity index (χ0v) is 13.9. The molecule has 0 fully saturated rings. The van der Waals surface area contributed by atoms with E-state index in [-0.39, 0.29) is 16.6 Å². The largest absolute Gasteiger partial charge is 0.383 e. The van der Waals surface area contributed by atoms with Crippen LogP contribution in [0.3, 0.4) is 0 Å². The molecule has 0 aromatic carbocycles. The number of methoxy groups -OCH3 is 1. The van der Waals surface area contributed by atoms with Gasteiger partial charge >= 0.3 is 0 Å². The number of ether oxygens (including phenoxy) is 1. The molecule has 0 aliphatic carbocycles. The van der Waals surface area contributed by atoms with Crippen LogP contribution < -0.4 is 10.9 Å². The third kappa shape index (κ3) is 3.97. The fraction of sp³-hybridized carbons (Fsp3) is 0.385. The summed E-state index contributed by atoms with van der Waals surface area (Å²) in [5.74, 6) is 0. The molecule has 0 amide bonds. The molecular formula is C13H15Cl2N3O2S. The lowest BCUT2D eigenvalue weighted by Crippen LogP contribution is -2.26. The summed E-state index contributed by atoms with van der Waals surface area (Å²) >= 11 is 13.5. The molecule has 8 heteroatoms. The van der Waals surface area contributed by atoms with Gasteiger partial charge in [0.25, 0.3) is 5.56 Å². The first-order chi connectivity index (χ1) is 10.0. The highest BCUT2D eigenvalue weighted by Gasteiger charge is 2.13. The lowest BCUT2D eigenvalue weighted by atomic mass is 10.2. The number of thiophene rings is 1. The van der Waals surface area contributed by atoms with E-state index in [2.05, 4.69) is 10.4 Å². The molecule has 114 valence electrons. The lowest BCUT2D eigenvalue weighted by Gasteiger charge is -2.15. The Morgan fingerprint density at radius 1 is 1.48 bits per heavy atom. The zero-order valence-electron chi connectivity index (χ0n) is 11.6. The summed E-state index contributed by atoms with van der Waals surface area (Å²) in [5.41, 5.74) is 0.169. The molecule has 0 aliphatic heterocycles. The number of hydrogen-bond donors (Lipinski definition) is 1. The van der Waals surface area contributed by atoms with Crippen molar-refractivity contribution in [3.05, 3.63) is 42.9 Å². The fourth-order valence-electron chi connectivity index (χ4n) is 1.77. The SMILES string of the molecule is COCCn1ncc(NC(C)c2ccc(Cl)s2)c(Cl)c1=O. The van der Waals surface area contributed by atoms with Crippen LogP contribution in [0.15, 0.2) is 23.1 Å². The van der Waals surface area contributed by atoms with Crippen LogP contribution in [0.1, 0.15) is 17.8 Å². The van der Waals surface area contributed by atoms with Crippen molar-refractivity contribution in [3.63, 3.8) is 0 Å². The Hall–Kier alpha value is -1.08. The van der Waals surface area contributed by atoms with Crippen LogP contribution in [0.4, 0.5) is 5.69 Å². The van der Waals surface area contributed by atoms with E-state index in [4.69, 9.17) is 27.9 Å². The second-order valence-electron chi connectivity index (χ2n) is 4.40. The number of aromatic nitrogens is 2. The molecule has 1 atom stereocenters. The molecule has 0 spiro atoms. The van der Waals surface area contributed by atoms with Crippen LogP contribution in [0.5, 0.6) is 0 Å². The molecule has 0 aliphatic rings. The highest BCUT2D eigenvalue weighted by atomic mass is 35.5. The molecule has 2 rings (SSSR count). The highest BCUT2D eigenvalue weighted by molar-refractivity contribution is 7.16. The normalized spacial score (nSPS) is 12.4. The summed E-state index contributed by atoms with van der Waals surface area (Å²) in [7, 11) is 1.57. The van der Waals surface area contributed by atoms with Gasteiger partial charge in [-0.05, 0) is 19.1 Å². The number of nitrogens with zero attached hydrogens (tertiary/aromatic N) is 2. The predicted octanol–water partition coefficient (Wildman–Crippen LogP) is 3.43. The Labute approximate surface area is 136 Å². The number of nitrogens with one attached hydrogen (secondary N) is 1. The van der Waals surface area contributed by atoms with Gasteiger partial charge in [0.05, 0.1) is 35.4 Å². The van der Waals surface area contributed by atoms with Crippen LogP contribution in [0.25, 0.3) is 0 Å². The van der Waals surface area contributed by atoms with Gasteiger partial charge in [0.15, 0.2) is 0 Å². The second kappa shape index (κ2) is 7.26. The average molecular weight is 348 g/mol. The minimum absolute atomic E-state index is 0.0176. The van der Waals surface area contributed by atoms with Crippen LogP contribution in [-0.4, -0.2) is 23.5 Å². The highest BCUT2D eigenvalue weighted by Crippen LogP contribution is 2.29. The summed E-state index contributed by atoms with van der Waals surface area (Å²) < 4.78 is 6.93. The maximum Gasteiger partial charge on any atom is 0.287 e. The average Bonchev–Trinajstić information content (AvgIpc) is 2.90. The van der Waals surface area contributed by atoms with Gasteiger partial charge in [-0.1, -0.05) is 23.2 Å². The van der Waals surface area contributed by atoms with Crippen molar-refractivity contribution in [2.24, 2.45) is 0 Å². The Balaban J connectivity index is 2.17. The standard InChI is InChI=1S/C13H15Cl2N3O2S/c1-8(10-3-4-11(14)21-10)17-9-7-16-18(5-6-20-2)13(19)12(9)15/h3-4,7-8,17H,5-6H2,1-2H3. The maximum absolute atomic E-state index is 12.1. The van der Waals surface area contributed by atoms with Crippen molar-refractivity contribution in [3.8, 4) is 0 Å². The monoisotopic (exact) mass is 347 g/mol. The van der Waals surface area contributed by atoms with Gasteiger partial charge in [-0.15, -0.1) is 11.3 Å². The van der Waals surface area contributed by atoms with Crippen molar-refractivity contribution in [2.45, 2.75) is 19.5 Å². The van der Waals surface area contributed by atoms with Crippen molar-refractivity contribution >= 4 is 40.2 Å². The van der Waals surface area contributed by atoms with Gasteiger partial charge in [0.2, 0.25) is 0 Å². The predicted molar refractivity (Wildman–Crippen MR) is 86.7 cm³/mol. The van der Waals surface area contributed by atoms with E-state index in [1.807, 2.05) is 19.1 Å². The molecule has 1 N–H and O–H groups in total. The number of rotatable bonds is 6. The van der Waals surface area contributed by atoms with Crippen molar-refractivity contribution in [1.82, 2.24) is 9.78 Å². The molecule has 0 saturated carbocycles. The van der Waals surface area contributed by atoms with Crippen LogP contribution >= 0.6 is 34.5 Å². The lowest BCUT2D eigenvalue weighted by molar-refractivity contribution is 0.182. The van der Waals surface area contributed by atoms with Crippen LogP contribution in [0.2, 0.25) is 9.36 Å². The zero-order chi connectivity index (χ0) is 15.4. The Morgan fingerprint density at radius 3 is 2.86 bits per heavy atom. The molecule has 2 aromatic heterocycles. The molecule has 0 saturated heterocycles. The van der Waals surface area contributed by atoms with Gasteiger partial charge in [-0.25, -0.2) is 4.68 Å². The minimum Gasteiger partial charge on any atom is -0.383 e. The van der Waals surface area contributed by atoms with E-state index in [1.165, 1.54) is 16.0 Å². The molecule has 21 heavy (non-hydrogen) atoms. The van der Waals surface area contributed by atoms with E-state index < -0.39 is 0 Å². The Bertz CT molecular complexity index is 672. The smallest absolute Gasteiger partial charge is 0.287 e. The Morgan fingerprint density at radius 2 is 2.24 bits per heavy atom. The van der Waals surface area contributed by atoms with Gasteiger partial charge in [-0.2, -0.15) is 5.10 Å². The molecule has 2 heterocycles. The first-order valence-corrected chi connectivity index (χ1v) is 7.86. The van der Waals surface area contributed by atoms with Crippen LogP contribution in [0, 0.1) is 0 Å². The third-order valence-corrected chi connectivity index (χ3v) is 4.66. The molecule has 2 aromatic rings. The van der Waals surface area contributed by atoms with Gasteiger partial charge in [-0.3, -0.25) is 4.79 Å². The summed E-state index contributed by atoms with van der Waals surface area (Å²) in [5, 5.41) is 7.38. The first kappa shape index (κ1) is 16.3. The Kier molecular flexibility index (Phi) is 5.64. The third-order valence-electron chi connectivity index (χ3n) is 2.88. The first-order valence-electron chi connectivity index (χ1n) is 6.29. The van der Waals surface area contributed by atoms with Crippen molar-refractivity contribution < 1.29 is 4.74 Å². The fourth-order valence-corrected chi connectivity index (χ4v) is 3.03. The van der Waals surface area contributed by atoms with E-state index in [0.717, 1.165) is 9.21 Å². The second-order valence-corrected chi connectivity index (χ2v) is 6.53. The number of anilines is 1. The molecule has 0 radical (unpaired) electrons. The van der Waals surface area contributed by atoms with Gasteiger partial charge in [0.1, 0.15) is 5.02 Å². The van der Waals surface area contributed by atoms with E-state index in [0.29, 0.717) is 18.8 Å². The van der Waals surface area contributed by atoms with Gasteiger partial charge < -0.3 is 10.1 Å². The number of halogens is 2. The van der Waals surface area contributed by atoms with Crippen molar-refractivity contribution in [1.29, 1.82) is 0 Å². The molecule has 1 unspecified atom stereocenters. The van der Waals surface area contributed by atoms with E-state index >= 15 is 0 Å². The summed E-state index contributed by atoms with van der Waals surface area (Å²) in [4.78, 5) is 13.1. The van der Waals surface area contributed by atoms with Gasteiger partial charge in [0, 0.05) is 12.0 Å². The molecular weight excluding hydrogens is 333 g/mol. The molecule has 5 nitrogen and oxygen atoms in total. The van der Waals surface area contributed by atoms with Crippen molar-refractivity contribution in [2.75, 3.05) is 19.0 Å². The maximum atomic E-state index is 12.1. The number of hydrogen-bond acceptors (Lipinski definition) is 5. The minimum atomic E-state index is -0.338. The van der Waals surface area contributed by atoms with Crippen LogP contribution in [-0.2, 0) is 11.3 Å².